The molecular weight excluding hydrogens is 450 g/mol. The first-order chi connectivity index (χ1) is 16.1. The molecule has 2 aliphatic rings. The van der Waals surface area contributed by atoms with Gasteiger partial charge in [0.25, 0.3) is 5.56 Å². The van der Waals surface area contributed by atoms with E-state index in [9.17, 15) is 9.59 Å². The summed E-state index contributed by atoms with van der Waals surface area (Å²) in [5.41, 5.74) is 3.86. The van der Waals surface area contributed by atoms with Gasteiger partial charge in [-0.3, -0.25) is 14.2 Å². The molecule has 170 valence electrons. The highest BCUT2D eigenvalue weighted by molar-refractivity contribution is 8.00. The maximum atomic E-state index is 13.8. The van der Waals surface area contributed by atoms with Gasteiger partial charge in [-0.2, -0.15) is 0 Å². The molecule has 1 N–H and O–H groups in total. The Bertz CT molecular complexity index is 1230. The second kappa shape index (κ2) is 9.77. The maximum Gasteiger partial charge on any atom is 0.263 e. The minimum absolute atomic E-state index is 0.0275. The molecular formula is C26H27N3O2S2. The molecule has 5 rings (SSSR count). The Labute approximate surface area is 202 Å². The van der Waals surface area contributed by atoms with Crippen molar-refractivity contribution in [3.05, 3.63) is 81.6 Å². The van der Waals surface area contributed by atoms with Crippen LogP contribution in [0, 0.1) is 6.92 Å². The molecule has 2 aromatic carbocycles. The number of amides is 1. The molecule has 1 saturated carbocycles. The fraction of sp³-hybridized carbons (Fsp3) is 0.346. The van der Waals surface area contributed by atoms with Crippen molar-refractivity contribution in [3.63, 3.8) is 0 Å². The van der Waals surface area contributed by atoms with Crippen LogP contribution in [-0.2, 0) is 11.3 Å². The van der Waals surface area contributed by atoms with Crippen LogP contribution in [0.4, 0.5) is 0 Å². The lowest BCUT2D eigenvalue weighted by Gasteiger charge is -2.24. The third-order valence-electron chi connectivity index (χ3n) is 6.31. The van der Waals surface area contributed by atoms with Gasteiger partial charge in [0, 0.05) is 17.7 Å². The van der Waals surface area contributed by atoms with Gasteiger partial charge in [-0.15, -0.1) is 11.8 Å². The van der Waals surface area contributed by atoms with Crippen LogP contribution in [-0.4, -0.2) is 26.5 Å². The van der Waals surface area contributed by atoms with E-state index in [0.29, 0.717) is 22.9 Å². The third kappa shape index (κ3) is 4.75. The van der Waals surface area contributed by atoms with Gasteiger partial charge in [-0.05, 0) is 43.0 Å². The lowest BCUT2D eigenvalue weighted by Crippen LogP contribution is -2.29. The maximum absolute atomic E-state index is 13.8. The van der Waals surface area contributed by atoms with E-state index in [2.05, 4.69) is 5.32 Å². The van der Waals surface area contributed by atoms with Crippen LogP contribution in [0.15, 0.2) is 69.6 Å². The third-order valence-corrected chi connectivity index (χ3v) is 8.65. The van der Waals surface area contributed by atoms with Crippen LogP contribution in [0.1, 0.15) is 48.3 Å². The first-order valence-corrected chi connectivity index (χ1v) is 13.3. The monoisotopic (exact) mass is 477 g/mol. The predicted molar refractivity (Wildman–Crippen MR) is 134 cm³/mol. The SMILES string of the molecule is Cc1cccc(-n2c(SCC(=O)NCc3ccccc3)nc3c(c2=O)[C@@H]2CCCC[C@H]2S3)c1. The van der Waals surface area contributed by atoms with E-state index in [-0.39, 0.29) is 17.2 Å². The van der Waals surface area contributed by atoms with Crippen molar-refractivity contribution in [2.24, 2.45) is 0 Å². The number of rotatable bonds is 6. The summed E-state index contributed by atoms with van der Waals surface area (Å²) in [5.74, 6) is 0.431. The summed E-state index contributed by atoms with van der Waals surface area (Å²) < 4.78 is 1.72. The standard InChI is InChI=1S/C26H27N3O2S2/c1-17-8-7-11-19(14-17)29-25(31)23-20-12-5-6-13-21(20)33-24(23)28-26(29)32-16-22(30)27-15-18-9-3-2-4-10-18/h2-4,7-11,14,20-21H,5-6,12-13,15-16H2,1H3,(H,27,30)/t20-,21-/m1/s1. The molecule has 0 spiro atoms. The number of nitrogens with zero attached hydrogens (tertiary/aromatic N) is 2. The highest BCUT2D eigenvalue weighted by Gasteiger charge is 2.39. The van der Waals surface area contributed by atoms with E-state index in [4.69, 9.17) is 4.98 Å². The molecule has 2 atom stereocenters. The Morgan fingerprint density at radius 1 is 1.15 bits per heavy atom. The molecule has 1 aliphatic carbocycles. The van der Waals surface area contributed by atoms with Crippen molar-refractivity contribution in [1.29, 1.82) is 0 Å². The fourth-order valence-electron chi connectivity index (χ4n) is 4.68. The zero-order valence-electron chi connectivity index (χ0n) is 18.6. The van der Waals surface area contributed by atoms with Crippen LogP contribution < -0.4 is 10.9 Å². The Morgan fingerprint density at radius 2 is 1.97 bits per heavy atom. The first-order valence-electron chi connectivity index (χ1n) is 11.4. The number of fused-ring (bicyclic) bond motifs is 3. The van der Waals surface area contributed by atoms with Gasteiger partial charge in [0.2, 0.25) is 5.91 Å². The first kappa shape index (κ1) is 22.3. The normalized spacial score (nSPS) is 19.1. The van der Waals surface area contributed by atoms with E-state index in [1.54, 1.807) is 16.3 Å². The molecule has 1 amide bonds. The lowest BCUT2D eigenvalue weighted by atomic mass is 9.85. The van der Waals surface area contributed by atoms with Gasteiger partial charge in [-0.1, -0.05) is 67.1 Å². The average Bonchev–Trinajstić information content (AvgIpc) is 3.21. The number of aromatic nitrogens is 2. The number of nitrogens with one attached hydrogen (secondary N) is 1. The smallest absolute Gasteiger partial charge is 0.263 e. The molecule has 1 aliphatic heterocycles. The number of hydrogen-bond acceptors (Lipinski definition) is 5. The molecule has 1 aromatic heterocycles. The molecule has 0 bridgehead atoms. The molecule has 0 unspecified atom stereocenters. The van der Waals surface area contributed by atoms with E-state index in [1.807, 2.05) is 61.5 Å². The Kier molecular flexibility index (Phi) is 6.60. The summed E-state index contributed by atoms with van der Waals surface area (Å²) in [6.45, 7) is 2.51. The summed E-state index contributed by atoms with van der Waals surface area (Å²) in [6.07, 6.45) is 4.59. The fourth-order valence-corrected chi connectivity index (χ4v) is 7.09. The van der Waals surface area contributed by atoms with Crippen LogP contribution >= 0.6 is 23.5 Å². The molecule has 7 heteroatoms. The van der Waals surface area contributed by atoms with Gasteiger partial charge in [0.15, 0.2) is 5.16 Å². The van der Waals surface area contributed by atoms with E-state index in [1.165, 1.54) is 24.6 Å². The van der Waals surface area contributed by atoms with Gasteiger partial charge in [-0.25, -0.2) is 4.98 Å². The topological polar surface area (TPSA) is 64.0 Å². The van der Waals surface area contributed by atoms with Crippen LogP contribution in [0.3, 0.4) is 0 Å². The summed E-state index contributed by atoms with van der Waals surface area (Å²) >= 11 is 3.09. The van der Waals surface area contributed by atoms with Crippen molar-refractivity contribution in [2.75, 3.05) is 5.75 Å². The highest BCUT2D eigenvalue weighted by atomic mass is 32.2. The van der Waals surface area contributed by atoms with Gasteiger partial charge < -0.3 is 5.32 Å². The number of thioether (sulfide) groups is 2. The molecule has 1 fully saturated rings. The number of carbonyl (C=O) groups is 1. The van der Waals surface area contributed by atoms with Crippen molar-refractivity contribution in [1.82, 2.24) is 14.9 Å². The zero-order chi connectivity index (χ0) is 22.8. The van der Waals surface area contributed by atoms with Crippen LogP contribution in [0.2, 0.25) is 0 Å². The number of hydrogen-bond donors (Lipinski definition) is 1. The van der Waals surface area contributed by atoms with Gasteiger partial charge in [0.05, 0.1) is 17.0 Å². The minimum Gasteiger partial charge on any atom is -0.351 e. The summed E-state index contributed by atoms with van der Waals surface area (Å²) in [7, 11) is 0. The van der Waals surface area contributed by atoms with E-state index >= 15 is 0 Å². The molecule has 0 saturated heterocycles. The van der Waals surface area contributed by atoms with Crippen molar-refractivity contribution < 1.29 is 4.79 Å². The van der Waals surface area contributed by atoms with Crippen molar-refractivity contribution in [3.8, 4) is 5.69 Å². The molecule has 3 aromatic rings. The van der Waals surface area contributed by atoms with Crippen LogP contribution in [0.25, 0.3) is 5.69 Å². The Morgan fingerprint density at radius 3 is 2.79 bits per heavy atom. The summed E-state index contributed by atoms with van der Waals surface area (Å²) in [6, 6.07) is 17.8. The lowest BCUT2D eigenvalue weighted by molar-refractivity contribution is -0.118. The summed E-state index contributed by atoms with van der Waals surface area (Å²) in [4.78, 5) is 31.3. The second-order valence-electron chi connectivity index (χ2n) is 8.69. The largest absolute Gasteiger partial charge is 0.351 e. The van der Waals surface area contributed by atoms with Gasteiger partial charge >= 0.3 is 0 Å². The number of aryl methyl sites for hydroxylation is 1. The van der Waals surface area contributed by atoms with Gasteiger partial charge in [0.1, 0.15) is 5.03 Å². The van der Waals surface area contributed by atoms with Crippen molar-refractivity contribution >= 4 is 29.4 Å². The Balaban J connectivity index is 1.43. The molecule has 33 heavy (non-hydrogen) atoms. The quantitative estimate of drug-likeness (QED) is 0.305. The zero-order valence-corrected chi connectivity index (χ0v) is 20.3. The van der Waals surface area contributed by atoms with E-state index < -0.39 is 0 Å². The molecule has 0 radical (unpaired) electrons. The highest BCUT2D eigenvalue weighted by Crippen LogP contribution is 2.50. The number of benzene rings is 2. The van der Waals surface area contributed by atoms with Crippen LogP contribution in [0.5, 0.6) is 0 Å². The summed E-state index contributed by atoms with van der Waals surface area (Å²) in [5, 5.41) is 4.87. The molecule has 5 nitrogen and oxygen atoms in total. The Hall–Kier alpha value is -2.51. The predicted octanol–water partition coefficient (Wildman–Crippen LogP) is 5.08. The minimum atomic E-state index is -0.0734. The molecule has 2 heterocycles. The van der Waals surface area contributed by atoms with Crippen molar-refractivity contribution in [2.45, 2.75) is 60.5 Å². The van der Waals surface area contributed by atoms with E-state index in [0.717, 1.165) is 40.2 Å². The number of carbonyl (C=O) groups excluding carboxylic acids is 1. The average molecular weight is 478 g/mol. The second-order valence-corrected chi connectivity index (χ2v) is 10.9.